The van der Waals surface area contributed by atoms with Gasteiger partial charge in [-0.1, -0.05) is 13.8 Å². The van der Waals surface area contributed by atoms with Gasteiger partial charge in [-0.05, 0) is 81.5 Å². The normalized spacial score (nSPS) is 47.4. The van der Waals surface area contributed by atoms with Crippen LogP contribution >= 0.6 is 0 Å². The molecule has 7 heteroatoms. The Bertz CT molecular complexity index is 886. The lowest BCUT2D eigenvalue weighted by molar-refractivity contribution is -0.147. The molecule has 9 atom stereocenters. The summed E-state index contributed by atoms with van der Waals surface area (Å²) in [5.74, 6) is 1.32. The van der Waals surface area contributed by atoms with Crippen molar-refractivity contribution in [2.24, 2.45) is 34.5 Å². The summed E-state index contributed by atoms with van der Waals surface area (Å²) in [6, 6.07) is 0. The number of hydrogen-bond acceptors (Lipinski definition) is 7. The molecule has 4 saturated carbocycles. The first-order valence-corrected chi connectivity index (χ1v) is 13.1. The van der Waals surface area contributed by atoms with Crippen molar-refractivity contribution >= 4 is 17.9 Å². The quantitative estimate of drug-likeness (QED) is 0.414. The Balaban J connectivity index is 1.37. The summed E-state index contributed by atoms with van der Waals surface area (Å²) in [4.78, 5) is 37.4. The highest BCUT2D eigenvalue weighted by atomic mass is 16.7. The highest BCUT2D eigenvalue weighted by molar-refractivity contribution is 5.90. The molecule has 0 aromatic carbocycles. The fourth-order valence-electron chi connectivity index (χ4n) is 9.31. The highest BCUT2D eigenvalue weighted by Gasteiger charge is 2.88. The maximum absolute atomic E-state index is 14.0. The van der Waals surface area contributed by atoms with E-state index in [0.717, 1.165) is 51.4 Å². The van der Waals surface area contributed by atoms with Gasteiger partial charge in [0.2, 0.25) is 0 Å². The molecule has 0 aromatic rings. The minimum atomic E-state index is -0.604. The minimum absolute atomic E-state index is 0.0172. The number of rotatable bonds is 5. The Morgan fingerprint density at radius 3 is 2.56 bits per heavy atom. The van der Waals surface area contributed by atoms with Crippen LogP contribution in [0.1, 0.15) is 85.0 Å². The van der Waals surface area contributed by atoms with Gasteiger partial charge in [-0.15, -0.1) is 0 Å². The van der Waals surface area contributed by atoms with E-state index >= 15 is 0 Å². The Labute approximate surface area is 202 Å². The molecule has 1 heterocycles. The van der Waals surface area contributed by atoms with Gasteiger partial charge in [-0.2, -0.15) is 0 Å². The third-order valence-electron chi connectivity index (χ3n) is 11.2. The van der Waals surface area contributed by atoms with Gasteiger partial charge in [-0.3, -0.25) is 9.59 Å². The van der Waals surface area contributed by atoms with E-state index in [4.69, 9.17) is 18.9 Å². The molecule has 5 rings (SSSR count). The van der Waals surface area contributed by atoms with Crippen molar-refractivity contribution in [2.45, 2.75) is 102 Å². The number of epoxide rings is 1. The summed E-state index contributed by atoms with van der Waals surface area (Å²) < 4.78 is 21.9. The number of hydrogen-bond donors (Lipinski definition) is 0. The molecule has 0 aromatic heterocycles. The standard InChI is InChI=1S/C27H40O7/c1-16(6-7-22(29)31-4)19-10-13-27-25(19,3)21(28)15-20-24(2)11-9-18(33-23(30)32-5)14-17(24)8-12-26(20,27)34-27/h16-20H,6-15H2,1-5H3/t16-,17-,18-,19-,20-,24-,25-,26-,27+/m0/s1. The summed E-state index contributed by atoms with van der Waals surface area (Å²) >= 11 is 0. The van der Waals surface area contributed by atoms with Crippen LogP contribution < -0.4 is 0 Å². The zero-order valence-electron chi connectivity index (χ0n) is 21.3. The van der Waals surface area contributed by atoms with Crippen LogP contribution in [0.15, 0.2) is 0 Å². The van der Waals surface area contributed by atoms with Gasteiger partial charge in [-0.25, -0.2) is 4.79 Å². The van der Waals surface area contributed by atoms with Crippen LogP contribution in [0.4, 0.5) is 4.79 Å². The third kappa shape index (κ3) is 3.00. The van der Waals surface area contributed by atoms with Gasteiger partial charge >= 0.3 is 12.1 Å². The fraction of sp³-hybridized carbons (Fsp3) is 0.889. The zero-order valence-corrected chi connectivity index (χ0v) is 21.3. The van der Waals surface area contributed by atoms with E-state index in [0.29, 0.717) is 24.5 Å². The molecule has 0 radical (unpaired) electrons. The average Bonchev–Trinajstić information content (AvgIpc) is 3.38. The summed E-state index contributed by atoms with van der Waals surface area (Å²) in [7, 11) is 2.77. The Hall–Kier alpha value is -1.63. The van der Waals surface area contributed by atoms with Crippen molar-refractivity contribution < 1.29 is 33.3 Å². The summed E-state index contributed by atoms with van der Waals surface area (Å²) in [5.41, 5.74) is -1.01. The largest absolute Gasteiger partial charge is 0.508 e. The number of carbonyl (C=O) groups excluding carboxylic acids is 3. The fourth-order valence-corrected chi connectivity index (χ4v) is 9.31. The molecule has 34 heavy (non-hydrogen) atoms. The van der Waals surface area contributed by atoms with Crippen molar-refractivity contribution in [3.63, 3.8) is 0 Å². The molecular weight excluding hydrogens is 436 g/mol. The second-order valence-electron chi connectivity index (χ2n) is 12.1. The lowest BCUT2D eigenvalue weighted by Crippen LogP contribution is -2.62. The third-order valence-corrected chi connectivity index (χ3v) is 11.2. The molecule has 2 spiro atoms. The summed E-state index contributed by atoms with van der Waals surface area (Å²) in [6.45, 7) is 6.71. The molecule has 0 bridgehead atoms. The number of ketones is 1. The number of methoxy groups -OCH3 is 2. The van der Waals surface area contributed by atoms with E-state index in [1.165, 1.54) is 14.2 Å². The van der Waals surface area contributed by atoms with Crippen LogP contribution in [-0.2, 0) is 28.5 Å². The van der Waals surface area contributed by atoms with Crippen molar-refractivity contribution in [3.8, 4) is 0 Å². The predicted molar refractivity (Wildman–Crippen MR) is 123 cm³/mol. The maximum Gasteiger partial charge on any atom is 0.508 e. The van der Waals surface area contributed by atoms with E-state index in [2.05, 4.69) is 20.8 Å². The van der Waals surface area contributed by atoms with Crippen LogP contribution in [0.25, 0.3) is 0 Å². The van der Waals surface area contributed by atoms with Crippen LogP contribution in [-0.4, -0.2) is 49.4 Å². The maximum atomic E-state index is 14.0. The molecule has 190 valence electrons. The Morgan fingerprint density at radius 1 is 1.09 bits per heavy atom. The molecule has 0 unspecified atom stereocenters. The highest BCUT2D eigenvalue weighted by Crippen LogP contribution is 2.80. The zero-order chi connectivity index (χ0) is 24.5. The SMILES string of the molecule is COC(=O)CC[C@H](C)[C@@H]1CC[C@]23O[C@]24CC[C@H]2C[C@@H](OC(=O)OC)CC[C@]2(C)[C@@H]4CC(=O)[C@]13C. The molecular formula is C27H40O7. The van der Waals surface area contributed by atoms with E-state index in [1.54, 1.807) is 0 Å². The molecule has 1 saturated heterocycles. The van der Waals surface area contributed by atoms with E-state index in [1.807, 2.05) is 0 Å². The summed E-state index contributed by atoms with van der Waals surface area (Å²) in [5, 5.41) is 0. The number of Topliss-reactive ketones (excluding diaryl/α,β-unsaturated/α-hetero) is 1. The van der Waals surface area contributed by atoms with Crippen molar-refractivity contribution in [3.05, 3.63) is 0 Å². The van der Waals surface area contributed by atoms with Gasteiger partial charge < -0.3 is 18.9 Å². The van der Waals surface area contributed by atoms with E-state index < -0.39 is 11.6 Å². The van der Waals surface area contributed by atoms with Crippen molar-refractivity contribution in [2.75, 3.05) is 14.2 Å². The van der Waals surface area contributed by atoms with Crippen LogP contribution in [0, 0.1) is 34.5 Å². The molecule has 1 aliphatic heterocycles. The van der Waals surface area contributed by atoms with E-state index in [9.17, 15) is 14.4 Å². The van der Waals surface area contributed by atoms with Gasteiger partial charge in [0.25, 0.3) is 0 Å². The molecule has 7 nitrogen and oxygen atoms in total. The first kappa shape index (κ1) is 24.1. The Kier molecular flexibility index (Phi) is 5.62. The number of carbonyl (C=O) groups is 3. The molecule has 5 aliphatic rings. The van der Waals surface area contributed by atoms with E-state index in [-0.39, 0.29) is 46.4 Å². The lowest BCUT2D eigenvalue weighted by atomic mass is 9.44. The van der Waals surface area contributed by atoms with Crippen molar-refractivity contribution in [1.29, 1.82) is 0 Å². The topological polar surface area (TPSA) is 91.4 Å². The lowest BCUT2D eigenvalue weighted by Gasteiger charge is -2.57. The van der Waals surface area contributed by atoms with Gasteiger partial charge in [0, 0.05) is 18.8 Å². The van der Waals surface area contributed by atoms with Crippen LogP contribution in [0.5, 0.6) is 0 Å². The van der Waals surface area contributed by atoms with Gasteiger partial charge in [0.1, 0.15) is 23.1 Å². The van der Waals surface area contributed by atoms with Crippen LogP contribution in [0.3, 0.4) is 0 Å². The van der Waals surface area contributed by atoms with Crippen LogP contribution in [0.2, 0.25) is 0 Å². The number of ether oxygens (including phenoxy) is 4. The smallest absolute Gasteiger partial charge is 0.469 e. The first-order valence-electron chi connectivity index (χ1n) is 13.1. The van der Waals surface area contributed by atoms with Gasteiger partial charge in [0.15, 0.2) is 0 Å². The average molecular weight is 477 g/mol. The molecule has 4 aliphatic carbocycles. The molecule has 0 N–H and O–H groups in total. The second-order valence-corrected chi connectivity index (χ2v) is 12.1. The predicted octanol–water partition coefficient (Wildman–Crippen LogP) is 4.84. The number of esters is 1. The minimum Gasteiger partial charge on any atom is -0.469 e. The van der Waals surface area contributed by atoms with Crippen molar-refractivity contribution in [1.82, 2.24) is 0 Å². The number of fused-ring (bicyclic) bond motifs is 2. The van der Waals surface area contributed by atoms with Gasteiger partial charge in [0.05, 0.1) is 19.6 Å². The summed E-state index contributed by atoms with van der Waals surface area (Å²) in [6.07, 6.45) is 7.53. The second kappa shape index (κ2) is 7.94. The first-order chi connectivity index (χ1) is 16.1. The Morgan fingerprint density at radius 2 is 1.85 bits per heavy atom. The molecule has 5 fully saturated rings. The monoisotopic (exact) mass is 476 g/mol. The molecule has 0 amide bonds.